The van der Waals surface area contributed by atoms with Crippen LogP contribution in [0.4, 0.5) is 0 Å². The molecule has 0 radical (unpaired) electrons. The normalized spacial score (nSPS) is 11.4. The maximum absolute atomic E-state index is 5.92. The van der Waals surface area contributed by atoms with Crippen molar-refractivity contribution in [3.05, 3.63) is 77.4 Å². The molecule has 2 aromatic rings. The Hall–Kier alpha value is -3.21. The largest absolute Gasteiger partial charge is 0.490 e. The molecule has 0 bridgehead atoms. The van der Waals surface area contributed by atoms with Crippen molar-refractivity contribution in [2.45, 2.75) is 20.8 Å². The molecule has 0 atom stereocenters. The summed E-state index contributed by atoms with van der Waals surface area (Å²) < 4.78 is 17.3. The van der Waals surface area contributed by atoms with E-state index in [0.29, 0.717) is 19.8 Å². The molecule has 2 aromatic carbocycles. The van der Waals surface area contributed by atoms with Gasteiger partial charge < -0.3 is 19.0 Å². The molecule has 0 aliphatic rings. The lowest BCUT2D eigenvalue weighted by molar-refractivity contribution is 0.215. The Labute approximate surface area is 173 Å². The van der Waals surface area contributed by atoms with E-state index in [1.807, 2.05) is 81.5 Å². The molecule has 2 rings (SSSR count). The zero-order valence-electron chi connectivity index (χ0n) is 17.6. The van der Waals surface area contributed by atoms with Crippen LogP contribution in [0.25, 0.3) is 0 Å². The van der Waals surface area contributed by atoms with Gasteiger partial charge in [0.15, 0.2) is 0 Å². The summed E-state index contributed by atoms with van der Waals surface area (Å²) in [6.45, 7) is 7.54. The fourth-order valence-electron chi connectivity index (χ4n) is 2.67. The van der Waals surface area contributed by atoms with Crippen molar-refractivity contribution in [2.24, 2.45) is 5.16 Å². The zero-order chi connectivity index (χ0) is 20.9. The van der Waals surface area contributed by atoms with E-state index >= 15 is 0 Å². The average Bonchev–Trinajstić information content (AvgIpc) is 2.71. The predicted molar refractivity (Wildman–Crippen MR) is 117 cm³/mol. The molecule has 0 saturated heterocycles. The van der Waals surface area contributed by atoms with Gasteiger partial charge in [-0.05, 0) is 73.9 Å². The fraction of sp³-hybridized carbons (Fsp3) is 0.292. The van der Waals surface area contributed by atoms with Crippen LogP contribution in [0.2, 0.25) is 0 Å². The molecule has 0 aliphatic carbocycles. The third kappa shape index (κ3) is 7.74. The lowest BCUT2D eigenvalue weighted by Crippen LogP contribution is -2.01. The molecule has 5 nitrogen and oxygen atoms in total. The zero-order valence-corrected chi connectivity index (χ0v) is 17.6. The van der Waals surface area contributed by atoms with Crippen LogP contribution in [0.5, 0.6) is 17.2 Å². The van der Waals surface area contributed by atoms with Crippen LogP contribution in [0.15, 0.2) is 65.9 Å². The van der Waals surface area contributed by atoms with Crippen LogP contribution in [0, 0.1) is 13.8 Å². The molecule has 0 aromatic heterocycles. The first-order valence-corrected chi connectivity index (χ1v) is 9.56. The van der Waals surface area contributed by atoms with Crippen LogP contribution in [0.1, 0.15) is 23.6 Å². The maximum Gasteiger partial charge on any atom is 0.125 e. The van der Waals surface area contributed by atoms with E-state index in [1.54, 1.807) is 6.21 Å². The first-order valence-electron chi connectivity index (χ1n) is 9.56. The molecule has 0 amide bonds. The van der Waals surface area contributed by atoms with E-state index in [0.717, 1.165) is 33.9 Å². The monoisotopic (exact) mass is 395 g/mol. The number of hydrogen-bond donors (Lipinski definition) is 0. The third-order valence-electron chi connectivity index (χ3n) is 4.02. The number of benzene rings is 2. The van der Waals surface area contributed by atoms with Gasteiger partial charge in [-0.25, -0.2) is 0 Å². The summed E-state index contributed by atoms with van der Waals surface area (Å²) >= 11 is 0. The quantitative estimate of drug-likeness (QED) is 0.296. The smallest absolute Gasteiger partial charge is 0.125 e. The Bertz CT molecular complexity index is 833. The van der Waals surface area contributed by atoms with Crippen molar-refractivity contribution < 1.29 is 19.0 Å². The summed E-state index contributed by atoms with van der Waals surface area (Å²) in [6, 6.07) is 11.6. The van der Waals surface area contributed by atoms with Gasteiger partial charge in [-0.2, -0.15) is 0 Å². The lowest BCUT2D eigenvalue weighted by atomic mass is 10.1. The van der Waals surface area contributed by atoms with Gasteiger partial charge in [0.05, 0.1) is 6.21 Å². The first kappa shape index (κ1) is 22.1. The standard InChI is InChI=1S/C24H29NO4/c1-5-6-12-28-23-15-19(2)24(20(3)16-23)29-14-8-7-13-27-22-11-9-10-21(17-22)18-25-26-4/h5-11,15-18H,12-14H2,1-4H3/b6-5+,8-7+,25-18-. The van der Waals surface area contributed by atoms with Crippen LogP contribution >= 0.6 is 0 Å². The second-order valence-electron chi connectivity index (χ2n) is 6.35. The summed E-state index contributed by atoms with van der Waals surface area (Å²) in [4.78, 5) is 4.69. The lowest BCUT2D eigenvalue weighted by Gasteiger charge is -2.13. The number of hydrogen-bond acceptors (Lipinski definition) is 5. The first-order chi connectivity index (χ1) is 14.1. The maximum atomic E-state index is 5.92. The van der Waals surface area contributed by atoms with Crippen LogP contribution in [-0.2, 0) is 4.84 Å². The van der Waals surface area contributed by atoms with Gasteiger partial charge in [-0.1, -0.05) is 29.4 Å². The number of allylic oxidation sites excluding steroid dienone is 1. The molecule has 0 spiro atoms. The SMILES string of the molecule is C/C=C/COc1cc(C)c(OC/C=C/COc2cccc(/C=N\OC)c2)c(C)c1. The summed E-state index contributed by atoms with van der Waals surface area (Å²) in [6.07, 6.45) is 9.48. The predicted octanol–water partition coefficient (Wildman–Crippen LogP) is 5.25. The molecule has 154 valence electrons. The molecule has 0 heterocycles. The van der Waals surface area contributed by atoms with Gasteiger partial charge in [0.2, 0.25) is 0 Å². The minimum atomic E-state index is 0.462. The van der Waals surface area contributed by atoms with Crippen molar-refractivity contribution in [3.63, 3.8) is 0 Å². The highest BCUT2D eigenvalue weighted by molar-refractivity contribution is 5.79. The Kier molecular flexibility index (Phi) is 9.36. The van der Waals surface area contributed by atoms with E-state index in [4.69, 9.17) is 14.2 Å². The van der Waals surface area contributed by atoms with Gasteiger partial charge in [0.1, 0.15) is 44.2 Å². The highest BCUT2D eigenvalue weighted by Crippen LogP contribution is 2.28. The average molecular weight is 395 g/mol. The Morgan fingerprint density at radius 1 is 0.828 bits per heavy atom. The van der Waals surface area contributed by atoms with E-state index in [1.165, 1.54) is 7.11 Å². The van der Waals surface area contributed by atoms with E-state index in [2.05, 4.69) is 9.99 Å². The van der Waals surface area contributed by atoms with Gasteiger partial charge in [-0.3, -0.25) is 0 Å². The van der Waals surface area contributed by atoms with Crippen molar-refractivity contribution in [3.8, 4) is 17.2 Å². The molecular formula is C24H29NO4. The summed E-state index contributed by atoms with van der Waals surface area (Å²) in [5.41, 5.74) is 3.03. The van der Waals surface area contributed by atoms with Gasteiger partial charge >= 0.3 is 0 Å². The summed E-state index contributed by atoms with van der Waals surface area (Å²) in [5, 5.41) is 3.75. The van der Waals surface area contributed by atoms with E-state index in [-0.39, 0.29) is 0 Å². The molecule has 0 N–H and O–H groups in total. The second-order valence-corrected chi connectivity index (χ2v) is 6.35. The number of aryl methyl sites for hydroxylation is 2. The van der Waals surface area contributed by atoms with Gasteiger partial charge in [0, 0.05) is 0 Å². The summed E-state index contributed by atoms with van der Waals surface area (Å²) in [5.74, 6) is 2.52. The highest BCUT2D eigenvalue weighted by atomic mass is 16.6. The minimum absolute atomic E-state index is 0.462. The van der Waals surface area contributed by atoms with E-state index in [9.17, 15) is 0 Å². The molecular weight excluding hydrogens is 366 g/mol. The summed E-state index contributed by atoms with van der Waals surface area (Å²) in [7, 11) is 1.51. The highest BCUT2D eigenvalue weighted by Gasteiger charge is 2.06. The van der Waals surface area contributed by atoms with E-state index < -0.39 is 0 Å². The number of nitrogens with zero attached hydrogens (tertiary/aromatic N) is 1. The molecule has 0 saturated carbocycles. The number of rotatable bonds is 11. The molecule has 0 aliphatic heterocycles. The van der Waals surface area contributed by atoms with Gasteiger partial charge in [-0.15, -0.1) is 0 Å². The molecule has 5 heteroatoms. The van der Waals surface area contributed by atoms with Crippen molar-refractivity contribution in [1.82, 2.24) is 0 Å². The third-order valence-corrected chi connectivity index (χ3v) is 4.02. The topological polar surface area (TPSA) is 49.3 Å². The van der Waals surface area contributed by atoms with Crippen molar-refractivity contribution >= 4 is 6.21 Å². The van der Waals surface area contributed by atoms with Crippen LogP contribution < -0.4 is 14.2 Å². The molecule has 0 unspecified atom stereocenters. The van der Waals surface area contributed by atoms with Crippen molar-refractivity contribution in [1.29, 1.82) is 0 Å². The Morgan fingerprint density at radius 3 is 2.17 bits per heavy atom. The second kappa shape index (κ2) is 12.3. The van der Waals surface area contributed by atoms with Crippen LogP contribution in [-0.4, -0.2) is 33.1 Å². The van der Waals surface area contributed by atoms with Crippen molar-refractivity contribution in [2.75, 3.05) is 26.9 Å². The molecule has 29 heavy (non-hydrogen) atoms. The number of ether oxygens (including phenoxy) is 3. The van der Waals surface area contributed by atoms with Gasteiger partial charge in [0.25, 0.3) is 0 Å². The molecule has 0 fully saturated rings. The minimum Gasteiger partial charge on any atom is -0.490 e. The Balaban J connectivity index is 1.81. The fourth-order valence-corrected chi connectivity index (χ4v) is 2.67. The van der Waals surface area contributed by atoms with Crippen LogP contribution in [0.3, 0.4) is 0 Å². The Morgan fingerprint density at radius 2 is 1.48 bits per heavy atom. The number of oxime groups is 1.